The molecule has 6 heteroatoms. The molecule has 1 atom stereocenters. The minimum Gasteiger partial charge on any atom is -0.454 e. The molecule has 0 aliphatic carbocycles. The van der Waals surface area contributed by atoms with Gasteiger partial charge in [-0.1, -0.05) is 49.3 Å². The molecule has 142 valence electrons. The smallest absolute Gasteiger partial charge is 0.261 e. The maximum Gasteiger partial charge on any atom is 0.261 e. The molecule has 3 rings (SSSR count). The van der Waals surface area contributed by atoms with Crippen molar-refractivity contribution < 1.29 is 19.1 Å². The van der Waals surface area contributed by atoms with E-state index in [1.807, 2.05) is 55.5 Å². The highest BCUT2D eigenvalue weighted by atomic mass is 16.7. The number of carbonyl (C=O) groups excluding carboxylic acids is 1. The zero-order chi connectivity index (χ0) is 19.2. The van der Waals surface area contributed by atoms with Crippen LogP contribution in [0.4, 0.5) is 0 Å². The molecule has 1 N–H and O–H groups in total. The molecule has 1 unspecified atom stereocenters. The predicted molar refractivity (Wildman–Crippen MR) is 103 cm³/mol. The molecule has 6 nitrogen and oxygen atoms in total. The van der Waals surface area contributed by atoms with Crippen molar-refractivity contribution in [1.29, 1.82) is 0 Å². The summed E-state index contributed by atoms with van der Waals surface area (Å²) in [6, 6.07) is 15.4. The second-order valence-corrected chi connectivity index (χ2v) is 6.72. The van der Waals surface area contributed by atoms with Crippen LogP contribution >= 0.6 is 0 Å². The van der Waals surface area contributed by atoms with Crippen LogP contribution in [0.25, 0.3) is 0 Å². The van der Waals surface area contributed by atoms with E-state index in [2.05, 4.69) is 24.3 Å². The summed E-state index contributed by atoms with van der Waals surface area (Å²) in [5.74, 6) is 1.45. The maximum absolute atomic E-state index is 12.3. The lowest BCUT2D eigenvalue weighted by Gasteiger charge is -2.22. The standard InChI is InChI=1S/C21H24N2O4/c1-14(2)21(16-7-5-4-6-8-16)22-20(24)12-27-23-15(3)17-9-10-18-19(11-17)26-13-25-18/h4-11,14,21H,12-13H2,1-3H3,(H,22,24)/b23-15+. The second-order valence-electron chi connectivity index (χ2n) is 6.72. The molecule has 0 radical (unpaired) electrons. The van der Waals surface area contributed by atoms with Crippen LogP contribution in [0.1, 0.15) is 37.9 Å². The number of carbonyl (C=O) groups is 1. The van der Waals surface area contributed by atoms with Crippen molar-refractivity contribution in [2.24, 2.45) is 11.1 Å². The number of hydrogen-bond acceptors (Lipinski definition) is 5. The molecule has 27 heavy (non-hydrogen) atoms. The van der Waals surface area contributed by atoms with E-state index in [9.17, 15) is 4.79 Å². The van der Waals surface area contributed by atoms with E-state index in [4.69, 9.17) is 14.3 Å². The number of hydrogen-bond donors (Lipinski definition) is 1. The average Bonchev–Trinajstić information content (AvgIpc) is 3.14. The Hall–Kier alpha value is -3.02. The van der Waals surface area contributed by atoms with Gasteiger partial charge in [0.2, 0.25) is 6.79 Å². The Labute approximate surface area is 159 Å². The predicted octanol–water partition coefficient (Wildman–Crippen LogP) is 3.67. The van der Waals surface area contributed by atoms with Gasteiger partial charge in [0.1, 0.15) is 0 Å². The molecule has 2 aromatic rings. The summed E-state index contributed by atoms with van der Waals surface area (Å²) in [4.78, 5) is 17.5. The van der Waals surface area contributed by atoms with Crippen molar-refractivity contribution in [2.75, 3.05) is 13.4 Å². The largest absolute Gasteiger partial charge is 0.454 e. The van der Waals surface area contributed by atoms with Gasteiger partial charge in [0, 0.05) is 5.56 Å². The maximum atomic E-state index is 12.3. The van der Waals surface area contributed by atoms with Gasteiger partial charge < -0.3 is 19.6 Å². The van der Waals surface area contributed by atoms with E-state index in [0.717, 1.165) is 11.1 Å². The van der Waals surface area contributed by atoms with Crippen molar-refractivity contribution >= 4 is 11.6 Å². The summed E-state index contributed by atoms with van der Waals surface area (Å²) in [7, 11) is 0. The van der Waals surface area contributed by atoms with E-state index in [0.29, 0.717) is 17.2 Å². The molecular formula is C21H24N2O4. The van der Waals surface area contributed by atoms with Crippen LogP contribution in [0.2, 0.25) is 0 Å². The summed E-state index contributed by atoms with van der Waals surface area (Å²) in [5.41, 5.74) is 2.58. The number of amides is 1. The number of fused-ring (bicyclic) bond motifs is 1. The van der Waals surface area contributed by atoms with E-state index in [-0.39, 0.29) is 31.3 Å². The lowest BCUT2D eigenvalue weighted by Crippen LogP contribution is -2.34. The lowest BCUT2D eigenvalue weighted by molar-refractivity contribution is -0.126. The highest BCUT2D eigenvalue weighted by Crippen LogP contribution is 2.32. The Kier molecular flexibility index (Phi) is 5.96. The summed E-state index contributed by atoms with van der Waals surface area (Å²) < 4.78 is 10.7. The van der Waals surface area contributed by atoms with Crippen LogP contribution in [-0.4, -0.2) is 25.0 Å². The number of nitrogens with one attached hydrogen (secondary N) is 1. The number of oxime groups is 1. The minimum absolute atomic E-state index is 0.0683. The van der Waals surface area contributed by atoms with Crippen molar-refractivity contribution in [3.05, 3.63) is 59.7 Å². The minimum atomic E-state index is -0.209. The first-order chi connectivity index (χ1) is 13.0. The Balaban J connectivity index is 1.56. The molecule has 0 aromatic heterocycles. The Bertz CT molecular complexity index is 818. The fourth-order valence-corrected chi connectivity index (χ4v) is 2.87. The molecule has 2 aromatic carbocycles. The Morgan fingerprint density at radius 3 is 2.63 bits per heavy atom. The summed E-state index contributed by atoms with van der Waals surface area (Å²) >= 11 is 0. The van der Waals surface area contributed by atoms with Gasteiger partial charge in [0.15, 0.2) is 18.1 Å². The van der Waals surface area contributed by atoms with Crippen LogP contribution in [0.5, 0.6) is 11.5 Å². The molecule has 1 aliphatic rings. The van der Waals surface area contributed by atoms with Crippen LogP contribution in [0.15, 0.2) is 53.7 Å². The van der Waals surface area contributed by atoms with Crippen molar-refractivity contribution in [3.63, 3.8) is 0 Å². The normalized spacial score (nSPS) is 14.1. The first-order valence-corrected chi connectivity index (χ1v) is 8.95. The van der Waals surface area contributed by atoms with Gasteiger partial charge in [-0.3, -0.25) is 4.79 Å². The SMILES string of the molecule is C/C(=N\OCC(=O)NC(c1ccccc1)C(C)C)c1ccc2c(c1)OCO2. The fraction of sp³-hybridized carbons (Fsp3) is 0.333. The monoisotopic (exact) mass is 368 g/mol. The third-order valence-electron chi connectivity index (χ3n) is 4.33. The van der Waals surface area contributed by atoms with Crippen molar-refractivity contribution in [1.82, 2.24) is 5.32 Å². The third kappa shape index (κ3) is 4.78. The van der Waals surface area contributed by atoms with E-state index in [1.165, 1.54) is 0 Å². The number of rotatable bonds is 7. The highest BCUT2D eigenvalue weighted by Gasteiger charge is 2.18. The van der Waals surface area contributed by atoms with E-state index in [1.54, 1.807) is 0 Å². The summed E-state index contributed by atoms with van der Waals surface area (Å²) in [5, 5.41) is 7.05. The Morgan fingerprint density at radius 1 is 1.15 bits per heavy atom. The van der Waals surface area contributed by atoms with Gasteiger partial charge >= 0.3 is 0 Å². The van der Waals surface area contributed by atoms with Gasteiger partial charge in [0.25, 0.3) is 5.91 Å². The first kappa shape index (κ1) is 18.8. The molecule has 0 saturated carbocycles. The molecule has 0 saturated heterocycles. The third-order valence-corrected chi connectivity index (χ3v) is 4.33. The topological polar surface area (TPSA) is 69.2 Å². The number of nitrogens with zero attached hydrogens (tertiary/aromatic N) is 1. The zero-order valence-corrected chi connectivity index (χ0v) is 15.8. The molecule has 1 amide bonds. The number of ether oxygens (including phenoxy) is 2. The van der Waals surface area contributed by atoms with Crippen LogP contribution in [-0.2, 0) is 9.63 Å². The molecule has 0 fully saturated rings. The fourth-order valence-electron chi connectivity index (χ4n) is 2.87. The van der Waals surface area contributed by atoms with Crippen molar-refractivity contribution in [3.8, 4) is 11.5 Å². The van der Waals surface area contributed by atoms with Gasteiger partial charge in [-0.15, -0.1) is 0 Å². The Morgan fingerprint density at radius 2 is 1.89 bits per heavy atom. The van der Waals surface area contributed by atoms with E-state index < -0.39 is 0 Å². The molecule has 1 aliphatic heterocycles. The molecule has 0 spiro atoms. The number of benzene rings is 2. The van der Waals surface area contributed by atoms with E-state index >= 15 is 0 Å². The quantitative estimate of drug-likeness (QED) is 0.598. The summed E-state index contributed by atoms with van der Waals surface area (Å²) in [6.45, 7) is 6.04. The van der Waals surface area contributed by atoms with Crippen molar-refractivity contribution in [2.45, 2.75) is 26.8 Å². The van der Waals surface area contributed by atoms with Crippen LogP contribution in [0.3, 0.4) is 0 Å². The van der Waals surface area contributed by atoms with Gasteiger partial charge in [-0.25, -0.2) is 0 Å². The first-order valence-electron chi connectivity index (χ1n) is 8.95. The zero-order valence-electron chi connectivity index (χ0n) is 15.8. The van der Waals surface area contributed by atoms with Gasteiger partial charge in [-0.05, 0) is 36.6 Å². The second kappa shape index (κ2) is 8.58. The molecule has 1 heterocycles. The van der Waals surface area contributed by atoms with Gasteiger partial charge in [0.05, 0.1) is 11.8 Å². The van der Waals surface area contributed by atoms with Crippen LogP contribution in [0, 0.1) is 5.92 Å². The lowest BCUT2D eigenvalue weighted by atomic mass is 9.96. The molecule has 0 bridgehead atoms. The van der Waals surface area contributed by atoms with Crippen LogP contribution < -0.4 is 14.8 Å². The average molecular weight is 368 g/mol. The summed E-state index contributed by atoms with van der Waals surface area (Å²) in [6.07, 6.45) is 0. The molecular weight excluding hydrogens is 344 g/mol. The van der Waals surface area contributed by atoms with Gasteiger partial charge in [-0.2, -0.15) is 0 Å². The highest BCUT2D eigenvalue weighted by molar-refractivity contribution is 5.99.